The molecule has 14 heavy (non-hydrogen) atoms. The third-order valence-corrected chi connectivity index (χ3v) is 1.78. The van der Waals surface area contributed by atoms with E-state index in [2.05, 4.69) is 10.2 Å². The van der Waals surface area contributed by atoms with Gasteiger partial charge in [-0.1, -0.05) is 0 Å². The smallest absolute Gasteiger partial charge is 0.234 e. The first-order chi connectivity index (χ1) is 6.56. The zero-order valence-corrected chi connectivity index (χ0v) is 9.29. The van der Waals surface area contributed by atoms with Crippen LogP contribution in [0, 0.1) is 0 Å². The number of aliphatic hydroxyl groups excluding tert-OH is 1. The Morgan fingerprint density at radius 2 is 1.93 bits per heavy atom. The second-order valence-corrected chi connectivity index (χ2v) is 3.61. The number of hydrogen-bond acceptors (Lipinski definition) is 4. The van der Waals surface area contributed by atoms with Crippen molar-refractivity contribution in [2.45, 2.75) is 0 Å². The van der Waals surface area contributed by atoms with Crippen LogP contribution in [0.4, 0.5) is 0 Å². The van der Waals surface area contributed by atoms with Gasteiger partial charge in [0.2, 0.25) is 5.91 Å². The van der Waals surface area contributed by atoms with Crippen molar-refractivity contribution in [3.05, 3.63) is 0 Å². The van der Waals surface area contributed by atoms with Crippen LogP contribution in [-0.2, 0) is 4.79 Å². The number of amides is 1. The maximum atomic E-state index is 11.2. The molecule has 0 fully saturated rings. The van der Waals surface area contributed by atoms with Crippen LogP contribution < -0.4 is 5.32 Å². The molecule has 0 aromatic heterocycles. The van der Waals surface area contributed by atoms with Gasteiger partial charge in [0.1, 0.15) is 0 Å². The van der Waals surface area contributed by atoms with Crippen LogP contribution in [0.15, 0.2) is 0 Å². The summed E-state index contributed by atoms with van der Waals surface area (Å²) in [6, 6.07) is 0. The summed E-state index contributed by atoms with van der Waals surface area (Å²) in [5, 5.41) is 11.1. The van der Waals surface area contributed by atoms with E-state index in [4.69, 9.17) is 5.11 Å². The number of likely N-dealkylation sites (N-methyl/N-ethyl adjacent to an activating group) is 2. The van der Waals surface area contributed by atoms with Gasteiger partial charge in [0.05, 0.1) is 13.2 Å². The second kappa shape index (κ2) is 7.73. The van der Waals surface area contributed by atoms with Gasteiger partial charge >= 0.3 is 0 Å². The largest absolute Gasteiger partial charge is 0.395 e. The van der Waals surface area contributed by atoms with Crippen LogP contribution in [0.3, 0.4) is 0 Å². The Labute approximate surface area is 85.7 Å². The lowest BCUT2D eigenvalue weighted by atomic mass is 10.4. The quantitative estimate of drug-likeness (QED) is 0.534. The van der Waals surface area contributed by atoms with Crippen LogP contribution in [-0.4, -0.2) is 74.7 Å². The van der Waals surface area contributed by atoms with Gasteiger partial charge in [-0.3, -0.25) is 9.69 Å². The van der Waals surface area contributed by atoms with Gasteiger partial charge in [0.25, 0.3) is 0 Å². The van der Waals surface area contributed by atoms with E-state index in [0.717, 1.165) is 13.1 Å². The first-order valence-corrected chi connectivity index (χ1v) is 4.77. The molecule has 0 aromatic carbocycles. The summed E-state index contributed by atoms with van der Waals surface area (Å²) in [5.41, 5.74) is 0. The van der Waals surface area contributed by atoms with E-state index in [1.165, 1.54) is 0 Å². The SMILES string of the molecule is CN(C)CCN(C)CC(=O)NCCO. The van der Waals surface area contributed by atoms with Gasteiger partial charge in [-0.05, 0) is 21.1 Å². The predicted molar refractivity (Wildman–Crippen MR) is 56.1 cm³/mol. The minimum Gasteiger partial charge on any atom is -0.395 e. The van der Waals surface area contributed by atoms with Crippen molar-refractivity contribution in [2.24, 2.45) is 0 Å². The normalized spacial score (nSPS) is 11.0. The minimum atomic E-state index is -0.0414. The van der Waals surface area contributed by atoms with Gasteiger partial charge in [0.15, 0.2) is 0 Å². The topological polar surface area (TPSA) is 55.8 Å². The summed E-state index contributed by atoms with van der Waals surface area (Å²) in [7, 11) is 5.90. The van der Waals surface area contributed by atoms with Crippen LogP contribution in [0.5, 0.6) is 0 Å². The molecule has 0 aliphatic carbocycles. The van der Waals surface area contributed by atoms with Gasteiger partial charge in [0, 0.05) is 19.6 Å². The lowest BCUT2D eigenvalue weighted by Crippen LogP contribution is -2.38. The maximum Gasteiger partial charge on any atom is 0.234 e. The Hall–Kier alpha value is -0.650. The maximum absolute atomic E-state index is 11.2. The van der Waals surface area contributed by atoms with E-state index < -0.39 is 0 Å². The molecule has 0 unspecified atom stereocenters. The van der Waals surface area contributed by atoms with Gasteiger partial charge in [-0.15, -0.1) is 0 Å². The van der Waals surface area contributed by atoms with Crippen LogP contribution in [0.25, 0.3) is 0 Å². The van der Waals surface area contributed by atoms with E-state index in [9.17, 15) is 4.79 Å². The molecule has 1 amide bonds. The molecule has 0 rings (SSSR count). The number of carbonyl (C=O) groups excluding carboxylic acids is 1. The molecule has 0 heterocycles. The third-order valence-electron chi connectivity index (χ3n) is 1.78. The van der Waals surface area contributed by atoms with E-state index >= 15 is 0 Å². The molecule has 0 aliphatic rings. The van der Waals surface area contributed by atoms with Gasteiger partial charge < -0.3 is 15.3 Å². The van der Waals surface area contributed by atoms with Gasteiger partial charge in [-0.2, -0.15) is 0 Å². The van der Waals surface area contributed by atoms with E-state index in [0.29, 0.717) is 13.1 Å². The summed E-state index contributed by atoms with van der Waals surface area (Å²) in [5.74, 6) is -0.0414. The molecule has 84 valence electrons. The zero-order chi connectivity index (χ0) is 11.0. The molecule has 0 saturated heterocycles. The molecular formula is C9H21N3O2. The van der Waals surface area contributed by atoms with Crippen LogP contribution in [0.1, 0.15) is 0 Å². The fraction of sp³-hybridized carbons (Fsp3) is 0.889. The van der Waals surface area contributed by atoms with Crippen LogP contribution >= 0.6 is 0 Å². The molecule has 0 aliphatic heterocycles. The summed E-state index contributed by atoms with van der Waals surface area (Å²) >= 11 is 0. The third kappa shape index (κ3) is 7.97. The molecule has 0 bridgehead atoms. The Balaban J connectivity index is 3.50. The van der Waals surface area contributed by atoms with Crippen molar-refractivity contribution in [1.82, 2.24) is 15.1 Å². The molecule has 0 saturated carbocycles. The predicted octanol–water partition coefficient (Wildman–Crippen LogP) is -1.41. The van der Waals surface area contributed by atoms with Gasteiger partial charge in [-0.25, -0.2) is 0 Å². The van der Waals surface area contributed by atoms with E-state index in [1.54, 1.807) is 0 Å². The Bertz CT molecular complexity index is 162. The molecular weight excluding hydrogens is 182 g/mol. The first kappa shape index (κ1) is 13.4. The lowest BCUT2D eigenvalue weighted by Gasteiger charge is -2.18. The highest BCUT2D eigenvalue weighted by Crippen LogP contribution is 1.83. The first-order valence-electron chi connectivity index (χ1n) is 4.77. The molecule has 5 heteroatoms. The molecule has 0 radical (unpaired) electrons. The van der Waals surface area contributed by atoms with Crippen molar-refractivity contribution in [3.8, 4) is 0 Å². The fourth-order valence-corrected chi connectivity index (χ4v) is 0.946. The number of rotatable bonds is 7. The highest BCUT2D eigenvalue weighted by Gasteiger charge is 2.05. The van der Waals surface area contributed by atoms with Crippen molar-refractivity contribution in [1.29, 1.82) is 0 Å². The number of aliphatic hydroxyl groups is 1. The van der Waals surface area contributed by atoms with E-state index in [-0.39, 0.29) is 12.5 Å². The average molecular weight is 203 g/mol. The lowest BCUT2D eigenvalue weighted by molar-refractivity contribution is -0.122. The van der Waals surface area contributed by atoms with Crippen molar-refractivity contribution >= 4 is 5.91 Å². The fourth-order valence-electron chi connectivity index (χ4n) is 0.946. The highest BCUT2D eigenvalue weighted by atomic mass is 16.3. The molecule has 5 nitrogen and oxygen atoms in total. The zero-order valence-electron chi connectivity index (χ0n) is 9.29. The standard InChI is InChI=1S/C9H21N3O2/c1-11(2)5-6-12(3)8-9(14)10-4-7-13/h13H,4-8H2,1-3H3,(H,10,14). The molecule has 0 spiro atoms. The highest BCUT2D eigenvalue weighted by molar-refractivity contribution is 5.77. The number of nitrogens with one attached hydrogen (secondary N) is 1. The second-order valence-electron chi connectivity index (χ2n) is 3.61. The van der Waals surface area contributed by atoms with E-state index in [1.807, 2.05) is 26.0 Å². The Morgan fingerprint density at radius 3 is 2.43 bits per heavy atom. The number of hydrogen-bond donors (Lipinski definition) is 2. The number of carbonyl (C=O) groups is 1. The number of nitrogens with zero attached hydrogens (tertiary/aromatic N) is 2. The Kier molecular flexibility index (Phi) is 7.37. The minimum absolute atomic E-state index is 0.00679. The van der Waals surface area contributed by atoms with Crippen molar-refractivity contribution < 1.29 is 9.90 Å². The molecule has 0 atom stereocenters. The summed E-state index contributed by atoms with van der Waals surface area (Å²) in [6.45, 7) is 2.50. The van der Waals surface area contributed by atoms with Crippen molar-refractivity contribution in [2.75, 3.05) is 53.9 Å². The summed E-state index contributed by atoms with van der Waals surface area (Å²) in [4.78, 5) is 15.2. The monoisotopic (exact) mass is 203 g/mol. The average Bonchev–Trinajstić information content (AvgIpc) is 2.11. The summed E-state index contributed by atoms with van der Waals surface area (Å²) < 4.78 is 0. The Morgan fingerprint density at radius 1 is 1.29 bits per heavy atom. The summed E-state index contributed by atoms with van der Waals surface area (Å²) in [6.07, 6.45) is 0. The molecule has 0 aromatic rings. The molecule has 2 N–H and O–H groups in total. The van der Waals surface area contributed by atoms with Crippen LogP contribution in [0.2, 0.25) is 0 Å². The van der Waals surface area contributed by atoms with Crippen molar-refractivity contribution in [3.63, 3.8) is 0 Å².